The van der Waals surface area contributed by atoms with Gasteiger partial charge >= 0.3 is 0 Å². The third kappa shape index (κ3) is 5.96. The minimum absolute atomic E-state index is 0.328. The summed E-state index contributed by atoms with van der Waals surface area (Å²) in [5.41, 5.74) is 13.0. The van der Waals surface area contributed by atoms with Gasteiger partial charge in [0.05, 0.1) is 5.69 Å². The van der Waals surface area contributed by atoms with Gasteiger partial charge < -0.3 is 9.32 Å². The fraction of sp³-hybridized carbons (Fsp3) is 0. The molecule has 58 heavy (non-hydrogen) atoms. The van der Waals surface area contributed by atoms with Gasteiger partial charge in [-0.1, -0.05) is 180 Å². The third-order valence-electron chi connectivity index (χ3n) is 11.2. The minimum Gasteiger partial charge on any atom is -0.455 e. The molecule has 0 N–H and O–H groups in total. The topological polar surface area (TPSA) is 16.4 Å². The highest BCUT2D eigenvalue weighted by molar-refractivity contribution is 6.63. The SMILES string of the molecule is [B]c1c([B])c(N(c2ccc(-c3ccccc3)cc2)c2ccccc2-c2cccc3oc4c5ccccc5ccc4c23)c([B])c([B])c1-c1ccc(-c2ccccc2)cc1. The normalized spacial score (nSPS) is 11.4. The average Bonchev–Trinajstić information content (AvgIpc) is 3.68. The molecule has 262 valence electrons. The maximum Gasteiger partial charge on any atom is 0.143 e. The standard InChI is InChI=1S/C52H31B4NO/c53-47-45(37-24-22-34(23-25-37)32-12-3-1-4-13-32)48(54)50(56)51(49(47)55)57(38-29-26-35(27-30-38)33-14-5-2-6-15-33)43-20-10-9-18-40(43)41-19-11-21-44-46(41)42-31-28-36-16-7-8-17-39(36)52(42)58-44/h1-31H. The summed E-state index contributed by atoms with van der Waals surface area (Å²) in [7, 11) is 28.5. The molecule has 1 heterocycles. The Morgan fingerprint density at radius 1 is 0.379 bits per heavy atom. The zero-order valence-electron chi connectivity index (χ0n) is 31.6. The number of benzene rings is 9. The first-order valence-electron chi connectivity index (χ1n) is 19.3. The Bertz CT molecular complexity index is 3110. The van der Waals surface area contributed by atoms with E-state index < -0.39 is 0 Å². The summed E-state index contributed by atoms with van der Waals surface area (Å²) in [6.07, 6.45) is 0. The smallest absolute Gasteiger partial charge is 0.143 e. The Balaban J connectivity index is 1.18. The second kappa shape index (κ2) is 14.6. The van der Waals surface area contributed by atoms with Crippen molar-refractivity contribution in [2.75, 3.05) is 4.90 Å². The number of hydrogen-bond donors (Lipinski definition) is 0. The van der Waals surface area contributed by atoms with Gasteiger partial charge in [0.25, 0.3) is 0 Å². The number of hydrogen-bond acceptors (Lipinski definition) is 2. The fourth-order valence-corrected chi connectivity index (χ4v) is 8.32. The predicted molar refractivity (Wildman–Crippen MR) is 249 cm³/mol. The summed E-state index contributed by atoms with van der Waals surface area (Å²) in [5.74, 6) is 0. The Morgan fingerprint density at radius 2 is 0.914 bits per heavy atom. The molecule has 6 heteroatoms. The fourth-order valence-electron chi connectivity index (χ4n) is 8.32. The van der Waals surface area contributed by atoms with Gasteiger partial charge in [-0.3, -0.25) is 0 Å². The zero-order chi connectivity index (χ0) is 39.3. The molecule has 1 aromatic heterocycles. The number of rotatable bonds is 7. The summed E-state index contributed by atoms with van der Waals surface area (Å²) in [5, 5.41) is 4.24. The van der Waals surface area contributed by atoms with Crippen LogP contribution in [0.3, 0.4) is 0 Å². The lowest BCUT2D eigenvalue weighted by atomic mass is 9.64. The van der Waals surface area contributed by atoms with Gasteiger partial charge in [0.2, 0.25) is 0 Å². The van der Waals surface area contributed by atoms with Gasteiger partial charge in [0.15, 0.2) is 0 Å². The predicted octanol–water partition coefficient (Wildman–Crippen LogP) is 10.1. The van der Waals surface area contributed by atoms with E-state index in [0.29, 0.717) is 33.1 Å². The van der Waals surface area contributed by atoms with E-state index in [2.05, 4.69) is 108 Å². The highest BCUT2D eigenvalue weighted by Crippen LogP contribution is 2.45. The molecule has 0 bridgehead atoms. The van der Waals surface area contributed by atoms with Crippen molar-refractivity contribution < 1.29 is 4.42 Å². The molecular formula is C52H31B4NO. The first kappa shape index (κ1) is 35.5. The van der Waals surface area contributed by atoms with E-state index in [1.165, 1.54) is 0 Å². The van der Waals surface area contributed by atoms with Crippen molar-refractivity contribution in [2.24, 2.45) is 0 Å². The monoisotopic (exact) mass is 729 g/mol. The molecule has 0 aliphatic rings. The van der Waals surface area contributed by atoms with Crippen molar-refractivity contribution in [1.82, 2.24) is 0 Å². The van der Waals surface area contributed by atoms with Crippen LogP contribution in [0.25, 0.3) is 77.2 Å². The first-order valence-corrected chi connectivity index (χ1v) is 19.3. The number of furan rings is 1. The minimum atomic E-state index is 0.328. The Labute approximate surface area is 343 Å². The van der Waals surface area contributed by atoms with Gasteiger partial charge in [-0.05, 0) is 74.7 Å². The molecule has 9 aromatic carbocycles. The second-order valence-corrected chi connectivity index (χ2v) is 14.5. The lowest BCUT2D eigenvalue weighted by Crippen LogP contribution is -2.46. The van der Waals surface area contributed by atoms with E-state index in [9.17, 15) is 0 Å². The van der Waals surface area contributed by atoms with Gasteiger partial charge in [0.1, 0.15) is 42.6 Å². The van der Waals surface area contributed by atoms with E-state index in [1.807, 2.05) is 84.9 Å². The number of anilines is 3. The van der Waals surface area contributed by atoms with Crippen LogP contribution in [-0.4, -0.2) is 31.4 Å². The quantitative estimate of drug-likeness (QED) is 0.152. The number of para-hydroxylation sites is 1. The lowest BCUT2D eigenvalue weighted by Gasteiger charge is -2.34. The average molecular weight is 729 g/mol. The van der Waals surface area contributed by atoms with E-state index in [1.54, 1.807) is 0 Å². The molecule has 10 aromatic rings. The van der Waals surface area contributed by atoms with Crippen LogP contribution in [0.4, 0.5) is 17.1 Å². The molecule has 0 saturated carbocycles. The molecule has 0 spiro atoms. The van der Waals surface area contributed by atoms with Crippen molar-refractivity contribution in [1.29, 1.82) is 0 Å². The van der Waals surface area contributed by atoms with Crippen LogP contribution >= 0.6 is 0 Å². The number of fused-ring (bicyclic) bond motifs is 5. The highest BCUT2D eigenvalue weighted by Gasteiger charge is 2.25. The Kier molecular flexibility index (Phi) is 8.91. The summed E-state index contributed by atoms with van der Waals surface area (Å²) in [4.78, 5) is 2.08. The van der Waals surface area contributed by atoms with E-state index >= 15 is 0 Å². The van der Waals surface area contributed by atoms with Crippen LogP contribution in [0.2, 0.25) is 0 Å². The van der Waals surface area contributed by atoms with Crippen molar-refractivity contribution >= 4 is 103 Å². The molecule has 8 radical (unpaired) electrons. The van der Waals surface area contributed by atoms with Gasteiger partial charge in [-0.25, -0.2) is 0 Å². The van der Waals surface area contributed by atoms with Crippen LogP contribution in [-0.2, 0) is 0 Å². The van der Waals surface area contributed by atoms with Crippen LogP contribution < -0.4 is 26.8 Å². The molecule has 0 saturated heterocycles. The second-order valence-electron chi connectivity index (χ2n) is 14.5. The Morgan fingerprint density at radius 3 is 1.59 bits per heavy atom. The summed E-state index contributed by atoms with van der Waals surface area (Å²) in [6, 6.07) is 64.1. The first-order chi connectivity index (χ1) is 28.5. The molecular weight excluding hydrogens is 698 g/mol. The van der Waals surface area contributed by atoms with E-state index in [0.717, 1.165) is 83.0 Å². The molecule has 0 aliphatic carbocycles. The van der Waals surface area contributed by atoms with Crippen LogP contribution in [0.15, 0.2) is 192 Å². The highest BCUT2D eigenvalue weighted by atomic mass is 16.3. The molecule has 10 rings (SSSR count). The summed E-state index contributed by atoms with van der Waals surface area (Å²) >= 11 is 0. The lowest BCUT2D eigenvalue weighted by molar-refractivity contribution is 0.673. The largest absolute Gasteiger partial charge is 0.455 e. The molecule has 0 aliphatic heterocycles. The molecule has 2 nitrogen and oxygen atoms in total. The molecule has 0 fully saturated rings. The summed E-state index contributed by atoms with van der Waals surface area (Å²) < 4.78 is 6.62. The van der Waals surface area contributed by atoms with Gasteiger partial charge in [-0.15, -0.1) is 0 Å². The molecule has 0 atom stereocenters. The van der Waals surface area contributed by atoms with Crippen LogP contribution in [0, 0.1) is 0 Å². The molecule has 0 amide bonds. The number of nitrogens with zero attached hydrogens (tertiary/aromatic N) is 1. The zero-order valence-corrected chi connectivity index (χ0v) is 31.6. The van der Waals surface area contributed by atoms with Crippen molar-refractivity contribution in [3.8, 4) is 44.5 Å². The van der Waals surface area contributed by atoms with Gasteiger partial charge in [-0.2, -0.15) is 0 Å². The van der Waals surface area contributed by atoms with E-state index in [4.69, 9.17) is 35.8 Å². The Hall–Kier alpha value is -6.90. The summed E-state index contributed by atoms with van der Waals surface area (Å²) in [6.45, 7) is 0. The van der Waals surface area contributed by atoms with Crippen molar-refractivity contribution in [3.05, 3.63) is 188 Å². The van der Waals surface area contributed by atoms with Crippen molar-refractivity contribution in [2.45, 2.75) is 0 Å². The van der Waals surface area contributed by atoms with Crippen molar-refractivity contribution in [3.63, 3.8) is 0 Å². The van der Waals surface area contributed by atoms with Gasteiger partial charge in [0, 0.05) is 33.1 Å². The maximum absolute atomic E-state index is 7.18. The maximum atomic E-state index is 7.18. The third-order valence-corrected chi connectivity index (χ3v) is 11.2. The molecule has 0 unspecified atom stereocenters. The van der Waals surface area contributed by atoms with Crippen LogP contribution in [0.1, 0.15) is 0 Å². The van der Waals surface area contributed by atoms with Crippen LogP contribution in [0.5, 0.6) is 0 Å². The van der Waals surface area contributed by atoms with E-state index in [-0.39, 0.29) is 0 Å².